The van der Waals surface area contributed by atoms with Crippen molar-refractivity contribution < 1.29 is 14.7 Å². The Hall–Kier alpha value is -2.93. The normalized spacial score (nSPS) is 15.7. The number of benzene rings is 1. The molecule has 0 saturated heterocycles. The van der Waals surface area contributed by atoms with Crippen molar-refractivity contribution in [3.8, 4) is 0 Å². The molecule has 2 N–H and O–H groups in total. The predicted octanol–water partition coefficient (Wildman–Crippen LogP) is 3.69. The number of aromatic nitrogens is 1. The lowest BCUT2D eigenvalue weighted by Gasteiger charge is -2.27. The summed E-state index contributed by atoms with van der Waals surface area (Å²) in [6.45, 7) is 5.57. The molecule has 2 amide bonds. The van der Waals surface area contributed by atoms with Crippen LogP contribution < -0.4 is 10.7 Å². The highest BCUT2D eigenvalue weighted by Crippen LogP contribution is 2.28. The molecule has 1 fully saturated rings. The molecule has 0 radical (unpaired) electrons. The number of likely N-dealkylation sites (N-methyl/N-ethyl adjacent to an activating group) is 1. The summed E-state index contributed by atoms with van der Waals surface area (Å²) >= 11 is 0. The van der Waals surface area contributed by atoms with Crippen LogP contribution >= 0.6 is 0 Å². The van der Waals surface area contributed by atoms with Crippen LogP contribution in [0.1, 0.15) is 91.3 Å². The number of carbonyl (C=O) groups excluding carboxylic acids is 2. The smallest absolute Gasteiger partial charge is 0.259 e. The average Bonchev–Trinajstić information content (AvgIpc) is 2.78. The third-order valence-corrected chi connectivity index (χ3v) is 5.98. The third kappa shape index (κ3) is 6.32. The predicted molar refractivity (Wildman–Crippen MR) is 128 cm³/mol. The number of amides is 2. The van der Waals surface area contributed by atoms with Crippen molar-refractivity contribution in [2.45, 2.75) is 70.6 Å². The van der Waals surface area contributed by atoms with Gasteiger partial charge < -0.3 is 19.9 Å². The van der Waals surface area contributed by atoms with Gasteiger partial charge in [0, 0.05) is 31.0 Å². The first-order valence-electron chi connectivity index (χ1n) is 11.6. The van der Waals surface area contributed by atoms with E-state index in [1.165, 1.54) is 11.3 Å². The van der Waals surface area contributed by atoms with Crippen molar-refractivity contribution in [3.63, 3.8) is 0 Å². The van der Waals surface area contributed by atoms with Crippen LogP contribution in [-0.4, -0.2) is 45.5 Å². The van der Waals surface area contributed by atoms with Crippen LogP contribution in [0, 0.1) is 0 Å². The van der Waals surface area contributed by atoms with Crippen molar-refractivity contribution in [3.05, 3.63) is 69.6 Å². The molecule has 0 spiro atoms. The first kappa shape index (κ1) is 24.7. The fraction of sp³-hybridized carbons (Fsp3) is 0.500. The summed E-state index contributed by atoms with van der Waals surface area (Å²) in [6.07, 6.45) is 7.50. The van der Waals surface area contributed by atoms with Crippen LogP contribution in [-0.2, 0) is 0 Å². The van der Waals surface area contributed by atoms with E-state index in [0.717, 1.165) is 25.7 Å². The van der Waals surface area contributed by atoms with Crippen molar-refractivity contribution in [2.75, 3.05) is 13.6 Å². The summed E-state index contributed by atoms with van der Waals surface area (Å²) in [7, 11) is 1.56. The molecule has 178 valence electrons. The quantitative estimate of drug-likeness (QED) is 0.698. The molecule has 3 rings (SSSR count). The Morgan fingerprint density at radius 2 is 1.70 bits per heavy atom. The molecule has 33 heavy (non-hydrogen) atoms. The minimum atomic E-state index is -0.881. The fourth-order valence-electron chi connectivity index (χ4n) is 4.24. The number of hydrogen-bond acceptors (Lipinski definition) is 4. The number of hydrogen-bond donors (Lipinski definition) is 2. The molecule has 1 aromatic carbocycles. The monoisotopic (exact) mass is 453 g/mol. The summed E-state index contributed by atoms with van der Waals surface area (Å²) in [5.74, 6) is -0.997. The second kappa shape index (κ2) is 10.3. The Morgan fingerprint density at radius 3 is 2.30 bits per heavy atom. The Bertz CT molecular complexity index is 1030. The molecule has 1 aromatic heterocycles. The molecule has 1 saturated carbocycles. The van der Waals surface area contributed by atoms with Crippen LogP contribution in [0.4, 0.5) is 0 Å². The number of carbonyl (C=O) groups is 2. The molecular formula is C26H35N3O4. The van der Waals surface area contributed by atoms with Crippen molar-refractivity contribution >= 4 is 11.8 Å². The Labute approximate surface area is 195 Å². The molecule has 0 bridgehead atoms. The van der Waals surface area contributed by atoms with Gasteiger partial charge in [-0.3, -0.25) is 14.4 Å². The zero-order chi connectivity index (χ0) is 24.2. The number of pyridine rings is 1. The molecule has 1 atom stereocenters. The van der Waals surface area contributed by atoms with Gasteiger partial charge in [0.2, 0.25) is 5.43 Å². The van der Waals surface area contributed by atoms with E-state index in [0.29, 0.717) is 5.56 Å². The number of rotatable bonds is 6. The maximum atomic E-state index is 13.3. The molecule has 0 unspecified atom stereocenters. The Balaban J connectivity index is 1.94. The molecule has 7 heteroatoms. The maximum Gasteiger partial charge on any atom is 0.259 e. The number of nitrogens with zero attached hydrogens (tertiary/aromatic N) is 2. The van der Waals surface area contributed by atoms with Crippen molar-refractivity contribution in [1.82, 2.24) is 14.8 Å². The summed E-state index contributed by atoms with van der Waals surface area (Å²) in [4.78, 5) is 40.8. The third-order valence-electron chi connectivity index (χ3n) is 5.98. The van der Waals surface area contributed by atoms with Gasteiger partial charge in [0.05, 0.1) is 12.6 Å². The number of nitrogens with one attached hydrogen (secondary N) is 1. The summed E-state index contributed by atoms with van der Waals surface area (Å²) in [6, 6.07) is 9.22. The van der Waals surface area contributed by atoms with Gasteiger partial charge in [-0.1, -0.05) is 49.6 Å². The molecule has 0 aliphatic heterocycles. The molecule has 7 nitrogen and oxygen atoms in total. The van der Waals surface area contributed by atoms with E-state index in [9.17, 15) is 19.5 Å². The Morgan fingerprint density at radius 1 is 1.09 bits per heavy atom. The molecular weight excluding hydrogens is 418 g/mol. The van der Waals surface area contributed by atoms with Crippen LogP contribution in [0.3, 0.4) is 0 Å². The van der Waals surface area contributed by atoms with E-state index in [2.05, 4.69) is 5.32 Å². The lowest BCUT2D eigenvalue weighted by atomic mass is 9.95. The van der Waals surface area contributed by atoms with Crippen LogP contribution in [0.5, 0.6) is 0 Å². The molecule has 2 aromatic rings. The van der Waals surface area contributed by atoms with Gasteiger partial charge in [0.25, 0.3) is 11.8 Å². The van der Waals surface area contributed by atoms with Crippen molar-refractivity contribution in [2.24, 2.45) is 0 Å². The highest BCUT2D eigenvalue weighted by molar-refractivity contribution is 5.99. The van der Waals surface area contributed by atoms with Gasteiger partial charge in [0.15, 0.2) is 0 Å². The van der Waals surface area contributed by atoms with Gasteiger partial charge in [-0.05, 0) is 39.2 Å². The minimum absolute atomic E-state index is 0.0293. The summed E-state index contributed by atoms with van der Waals surface area (Å²) in [5, 5.41) is 13.4. The zero-order valence-corrected chi connectivity index (χ0v) is 20.0. The summed E-state index contributed by atoms with van der Waals surface area (Å²) in [5.41, 5.74) is -0.497. The maximum absolute atomic E-state index is 13.3. The standard InChI is InChI=1S/C26H35N3O4/c1-26(2,3)27-24(32)20-15-29(19-13-9-6-10-14-19)16-21(23(20)31)25(33)28(4)17-22(30)18-11-7-5-8-12-18/h5,7-8,11-12,15-16,19,22,30H,6,9-10,13-14,17H2,1-4H3,(H,27,32)/t22-/m0/s1. The first-order valence-corrected chi connectivity index (χ1v) is 11.6. The van der Waals surface area contributed by atoms with Gasteiger partial charge >= 0.3 is 0 Å². The molecule has 1 aliphatic carbocycles. The van der Waals surface area contributed by atoms with Gasteiger partial charge in [-0.25, -0.2) is 0 Å². The second-order valence-electron chi connectivity index (χ2n) is 9.97. The highest BCUT2D eigenvalue weighted by atomic mass is 16.3. The van der Waals surface area contributed by atoms with Crippen LogP contribution in [0.2, 0.25) is 0 Å². The van der Waals surface area contributed by atoms with Gasteiger partial charge in [-0.15, -0.1) is 0 Å². The number of aliphatic hydroxyl groups excluding tert-OH is 1. The lowest BCUT2D eigenvalue weighted by molar-refractivity contribution is 0.0678. The van der Waals surface area contributed by atoms with Gasteiger partial charge in [0.1, 0.15) is 11.1 Å². The van der Waals surface area contributed by atoms with Crippen LogP contribution in [0.25, 0.3) is 0 Å². The molecule has 1 heterocycles. The number of aliphatic hydroxyl groups is 1. The molecule has 1 aliphatic rings. The van der Waals surface area contributed by atoms with E-state index in [4.69, 9.17) is 0 Å². The highest BCUT2D eigenvalue weighted by Gasteiger charge is 2.26. The average molecular weight is 454 g/mol. The Kier molecular flexibility index (Phi) is 7.74. The first-order chi connectivity index (χ1) is 15.6. The van der Waals surface area contributed by atoms with E-state index >= 15 is 0 Å². The fourth-order valence-corrected chi connectivity index (χ4v) is 4.24. The van der Waals surface area contributed by atoms with E-state index in [1.807, 2.05) is 43.5 Å². The van der Waals surface area contributed by atoms with Crippen molar-refractivity contribution in [1.29, 1.82) is 0 Å². The van der Waals surface area contributed by atoms with E-state index in [1.54, 1.807) is 31.6 Å². The topological polar surface area (TPSA) is 91.6 Å². The summed E-state index contributed by atoms with van der Waals surface area (Å²) < 4.78 is 1.87. The van der Waals surface area contributed by atoms with Crippen LogP contribution in [0.15, 0.2) is 47.5 Å². The van der Waals surface area contributed by atoms with E-state index < -0.39 is 28.9 Å². The zero-order valence-electron chi connectivity index (χ0n) is 20.0. The lowest BCUT2D eigenvalue weighted by Crippen LogP contribution is -2.44. The SMILES string of the molecule is CN(C[C@H](O)c1ccccc1)C(=O)c1cn(C2CCCCC2)cc(C(=O)NC(C)(C)C)c1=O. The van der Waals surface area contributed by atoms with E-state index in [-0.39, 0.29) is 23.7 Å². The largest absolute Gasteiger partial charge is 0.387 e. The van der Waals surface area contributed by atoms with Gasteiger partial charge in [-0.2, -0.15) is 0 Å². The minimum Gasteiger partial charge on any atom is -0.387 e. The second-order valence-corrected chi connectivity index (χ2v) is 9.97.